The number of carboxylic acid groups (broad SMARTS) is 1. The first-order valence-corrected chi connectivity index (χ1v) is 5.31. The summed E-state index contributed by atoms with van der Waals surface area (Å²) >= 11 is 0. The van der Waals surface area contributed by atoms with Crippen LogP contribution in [-0.4, -0.2) is 21.7 Å². The molecular formula is C12H15N3O2. The quantitative estimate of drug-likeness (QED) is 0.681. The molecule has 0 spiro atoms. The van der Waals surface area contributed by atoms with Gasteiger partial charge < -0.3 is 21.1 Å². The highest BCUT2D eigenvalue weighted by Gasteiger charge is 2.15. The van der Waals surface area contributed by atoms with Crippen LogP contribution in [0.5, 0.6) is 0 Å². The van der Waals surface area contributed by atoms with E-state index in [4.69, 9.17) is 16.6 Å². The first-order chi connectivity index (χ1) is 7.99. The van der Waals surface area contributed by atoms with Crippen LogP contribution in [0.3, 0.4) is 0 Å². The van der Waals surface area contributed by atoms with Crippen LogP contribution in [0.2, 0.25) is 0 Å². The maximum Gasteiger partial charge on any atom is 0.320 e. The molecule has 5 N–H and O–H groups in total. The minimum Gasteiger partial charge on any atom is -0.480 e. The number of nitrogen functional groups attached to an aromatic ring is 1. The first kappa shape index (κ1) is 11.5. The summed E-state index contributed by atoms with van der Waals surface area (Å²) in [7, 11) is 1.90. The Morgan fingerprint density at radius 1 is 1.53 bits per heavy atom. The van der Waals surface area contributed by atoms with E-state index in [0.29, 0.717) is 12.1 Å². The molecule has 0 aliphatic carbocycles. The van der Waals surface area contributed by atoms with Gasteiger partial charge in [0.15, 0.2) is 0 Å². The fourth-order valence-corrected chi connectivity index (χ4v) is 1.97. The number of anilines is 1. The summed E-state index contributed by atoms with van der Waals surface area (Å²) in [4.78, 5) is 10.7. The summed E-state index contributed by atoms with van der Waals surface area (Å²) in [6.45, 7) is 0. The molecule has 0 saturated carbocycles. The Hall–Kier alpha value is -2.01. The minimum atomic E-state index is -0.988. The third kappa shape index (κ3) is 2.09. The molecule has 2 rings (SSSR count). The molecule has 1 aromatic carbocycles. The third-order valence-corrected chi connectivity index (χ3v) is 2.85. The summed E-state index contributed by atoms with van der Waals surface area (Å²) in [5.74, 6) is -0.988. The summed E-state index contributed by atoms with van der Waals surface area (Å²) < 4.78 is 1.93. The van der Waals surface area contributed by atoms with E-state index in [-0.39, 0.29) is 0 Å². The average molecular weight is 233 g/mol. The van der Waals surface area contributed by atoms with Crippen molar-refractivity contribution in [2.45, 2.75) is 12.5 Å². The van der Waals surface area contributed by atoms with Crippen molar-refractivity contribution >= 4 is 22.6 Å². The van der Waals surface area contributed by atoms with Crippen molar-refractivity contribution in [1.82, 2.24) is 4.57 Å². The van der Waals surface area contributed by atoms with Crippen molar-refractivity contribution in [1.29, 1.82) is 0 Å². The van der Waals surface area contributed by atoms with Crippen molar-refractivity contribution in [3.8, 4) is 0 Å². The lowest BCUT2D eigenvalue weighted by Crippen LogP contribution is -2.32. The number of rotatable bonds is 3. The second-order valence-corrected chi connectivity index (χ2v) is 4.19. The number of fused-ring (bicyclic) bond motifs is 1. The topological polar surface area (TPSA) is 94.3 Å². The predicted molar refractivity (Wildman–Crippen MR) is 66.6 cm³/mol. The predicted octanol–water partition coefficient (Wildman–Crippen LogP) is 0.715. The molecule has 5 nitrogen and oxygen atoms in total. The van der Waals surface area contributed by atoms with Gasteiger partial charge in [-0.15, -0.1) is 0 Å². The van der Waals surface area contributed by atoms with E-state index in [1.807, 2.05) is 29.9 Å². The molecule has 0 aliphatic rings. The summed E-state index contributed by atoms with van der Waals surface area (Å²) in [6.07, 6.45) is 2.21. The van der Waals surface area contributed by atoms with Crippen LogP contribution in [0.4, 0.5) is 5.69 Å². The van der Waals surface area contributed by atoms with Crippen LogP contribution in [0.25, 0.3) is 10.9 Å². The van der Waals surface area contributed by atoms with Gasteiger partial charge in [-0.3, -0.25) is 4.79 Å². The molecule has 90 valence electrons. The number of aryl methyl sites for hydroxylation is 1. The van der Waals surface area contributed by atoms with Crippen LogP contribution >= 0.6 is 0 Å². The van der Waals surface area contributed by atoms with E-state index in [2.05, 4.69) is 0 Å². The minimum absolute atomic E-state index is 0.316. The van der Waals surface area contributed by atoms with Gasteiger partial charge in [0.1, 0.15) is 6.04 Å². The zero-order chi connectivity index (χ0) is 12.6. The van der Waals surface area contributed by atoms with Crippen LogP contribution in [-0.2, 0) is 18.3 Å². The number of aromatic nitrogens is 1. The monoisotopic (exact) mass is 233 g/mol. The lowest BCUT2D eigenvalue weighted by molar-refractivity contribution is -0.138. The molecule has 0 aliphatic heterocycles. The fourth-order valence-electron chi connectivity index (χ4n) is 1.97. The van der Waals surface area contributed by atoms with Gasteiger partial charge in [-0.1, -0.05) is 6.07 Å². The van der Waals surface area contributed by atoms with Gasteiger partial charge in [-0.2, -0.15) is 0 Å². The molecule has 0 amide bonds. The fraction of sp³-hybridized carbons (Fsp3) is 0.250. The van der Waals surface area contributed by atoms with Crippen molar-refractivity contribution in [3.63, 3.8) is 0 Å². The standard InChI is InChI=1S/C12H15N3O2/c1-15-6-7(4-10(14)12(16)17)9-3-2-8(13)5-11(9)15/h2-3,5-6,10H,4,13-14H2,1H3,(H,16,17). The van der Waals surface area contributed by atoms with Crippen LogP contribution in [0.15, 0.2) is 24.4 Å². The van der Waals surface area contributed by atoms with E-state index >= 15 is 0 Å². The highest BCUT2D eigenvalue weighted by atomic mass is 16.4. The second kappa shape index (κ2) is 4.10. The Morgan fingerprint density at radius 3 is 2.88 bits per heavy atom. The van der Waals surface area contributed by atoms with Gasteiger partial charge >= 0.3 is 5.97 Å². The second-order valence-electron chi connectivity index (χ2n) is 4.19. The molecule has 0 saturated heterocycles. The van der Waals surface area contributed by atoms with E-state index in [9.17, 15) is 4.79 Å². The largest absolute Gasteiger partial charge is 0.480 e. The van der Waals surface area contributed by atoms with Crippen molar-refractivity contribution in [3.05, 3.63) is 30.0 Å². The Balaban J connectivity index is 2.45. The summed E-state index contributed by atoms with van der Waals surface area (Å²) in [6, 6.07) is 4.69. The van der Waals surface area contributed by atoms with Gasteiger partial charge in [0.05, 0.1) is 5.52 Å². The Kier molecular flexibility index (Phi) is 2.77. The van der Waals surface area contributed by atoms with Gasteiger partial charge in [-0.25, -0.2) is 0 Å². The molecule has 2 aromatic rings. The number of aliphatic carboxylic acids is 1. The lowest BCUT2D eigenvalue weighted by atomic mass is 10.1. The summed E-state index contributed by atoms with van der Waals surface area (Å²) in [5, 5.41) is 9.81. The number of nitrogens with zero attached hydrogens (tertiary/aromatic N) is 1. The first-order valence-electron chi connectivity index (χ1n) is 5.31. The number of benzene rings is 1. The van der Waals surface area contributed by atoms with Crippen molar-refractivity contribution in [2.75, 3.05) is 5.73 Å². The molecule has 1 atom stereocenters. The van der Waals surface area contributed by atoms with E-state index in [1.54, 1.807) is 6.07 Å². The Morgan fingerprint density at radius 2 is 2.24 bits per heavy atom. The van der Waals surface area contributed by atoms with E-state index < -0.39 is 12.0 Å². The van der Waals surface area contributed by atoms with E-state index in [1.165, 1.54) is 0 Å². The zero-order valence-corrected chi connectivity index (χ0v) is 9.55. The molecular weight excluding hydrogens is 218 g/mol. The van der Waals surface area contributed by atoms with Crippen molar-refractivity contribution in [2.24, 2.45) is 12.8 Å². The highest BCUT2D eigenvalue weighted by molar-refractivity contribution is 5.87. The molecule has 1 heterocycles. The molecule has 1 aromatic heterocycles. The highest BCUT2D eigenvalue weighted by Crippen LogP contribution is 2.23. The maximum absolute atomic E-state index is 10.7. The zero-order valence-electron chi connectivity index (χ0n) is 9.55. The molecule has 0 fully saturated rings. The van der Waals surface area contributed by atoms with Gasteiger partial charge in [0.2, 0.25) is 0 Å². The SMILES string of the molecule is Cn1cc(CC(N)C(=O)O)c2ccc(N)cc21. The Bertz CT molecular complexity index is 574. The normalized spacial score (nSPS) is 12.8. The number of carboxylic acids is 1. The molecule has 0 radical (unpaired) electrons. The van der Waals surface area contributed by atoms with Gasteiger partial charge in [0, 0.05) is 30.7 Å². The average Bonchev–Trinajstić information content (AvgIpc) is 2.55. The molecule has 1 unspecified atom stereocenters. The van der Waals surface area contributed by atoms with Crippen LogP contribution in [0, 0.1) is 0 Å². The Labute approximate surface area is 98.6 Å². The molecule has 5 heteroatoms. The van der Waals surface area contributed by atoms with Crippen LogP contribution < -0.4 is 11.5 Å². The van der Waals surface area contributed by atoms with Gasteiger partial charge in [-0.05, 0) is 17.7 Å². The summed E-state index contributed by atoms with van der Waals surface area (Å²) in [5.41, 5.74) is 13.9. The maximum atomic E-state index is 10.7. The molecule has 17 heavy (non-hydrogen) atoms. The number of nitrogens with two attached hydrogens (primary N) is 2. The number of hydrogen-bond donors (Lipinski definition) is 3. The lowest BCUT2D eigenvalue weighted by Gasteiger charge is -2.04. The van der Waals surface area contributed by atoms with Gasteiger partial charge in [0.25, 0.3) is 0 Å². The molecule has 0 bridgehead atoms. The number of carbonyl (C=O) groups is 1. The smallest absolute Gasteiger partial charge is 0.320 e. The number of hydrogen-bond acceptors (Lipinski definition) is 3. The van der Waals surface area contributed by atoms with Crippen LogP contribution in [0.1, 0.15) is 5.56 Å². The third-order valence-electron chi connectivity index (χ3n) is 2.85. The van der Waals surface area contributed by atoms with E-state index in [0.717, 1.165) is 16.5 Å². The van der Waals surface area contributed by atoms with Crippen molar-refractivity contribution < 1.29 is 9.90 Å².